The predicted octanol–water partition coefficient (Wildman–Crippen LogP) is 5.08. The van der Waals surface area contributed by atoms with Gasteiger partial charge in [-0.3, -0.25) is 9.69 Å². The van der Waals surface area contributed by atoms with E-state index in [1.54, 1.807) is 24.5 Å². The number of ether oxygens (including phenoxy) is 3. The van der Waals surface area contributed by atoms with Gasteiger partial charge < -0.3 is 14.2 Å². The standard InChI is InChI=1S/C25H23NO4S/c1-16-11-21-20(14-26(15-29-21)9-8-19-7-4-10-31-19)25-23(16)24(27)22(30-25)13-17-5-3-6-18(12-17)28-2/h3-7,10-13H,8-9,14-15H2,1-2H3/b22-13-. The largest absolute Gasteiger partial charge is 0.497 e. The van der Waals surface area contributed by atoms with Crippen molar-refractivity contribution in [2.75, 3.05) is 20.4 Å². The number of methoxy groups -OCH3 is 1. The average molecular weight is 434 g/mol. The number of carbonyl (C=O) groups excluding carboxylic acids is 1. The van der Waals surface area contributed by atoms with Crippen molar-refractivity contribution in [1.82, 2.24) is 4.90 Å². The van der Waals surface area contributed by atoms with Gasteiger partial charge in [-0.25, -0.2) is 0 Å². The van der Waals surface area contributed by atoms with Gasteiger partial charge in [0.2, 0.25) is 5.78 Å². The Hall–Kier alpha value is -3.09. The Bertz CT molecular complexity index is 1170. The zero-order valence-electron chi connectivity index (χ0n) is 17.5. The highest BCUT2D eigenvalue weighted by atomic mass is 32.1. The van der Waals surface area contributed by atoms with E-state index >= 15 is 0 Å². The van der Waals surface area contributed by atoms with Crippen molar-refractivity contribution in [1.29, 1.82) is 0 Å². The van der Waals surface area contributed by atoms with Crippen LogP contribution in [0.3, 0.4) is 0 Å². The quantitative estimate of drug-likeness (QED) is 0.526. The zero-order chi connectivity index (χ0) is 21.4. The molecule has 0 spiro atoms. The third-order valence-corrected chi connectivity index (χ3v) is 6.57. The third kappa shape index (κ3) is 3.84. The van der Waals surface area contributed by atoms with Gasteiger partial charge >= 0.3 is 0 Å². The Morgan fingerprint density at radius 1 is 1.23 bits per heavy atom. The van der Waals surface area contributed by atoms with Gasteiger partial charge in [0.15, 0.2) is 5.76 Å². The summed E-state index contributed by atoms with van der Waals surface area (Å²) in [6.07, 6.45) is 2.75. The molecule has 0 atom stereocenters. The van der Waals surface area contributed by atoms with Crippen LogP contribution in [0.15, 0.2) is 53.6 Å². The predicted molar refractivity (Wildman–Crippen MR) is 121 cm³/mol. The van der Waals surface area contributed by atoms with Crippen molar-refractivity contribution in [3.05, 3.63) is 80.7 Å². The van der Waals surface area contributed by atoms with Crippen LogP contribution in [-0.4, -0.2) is 31.1 Å². The lowest BCUT2D eigenvalue weighted by Crippen LogP contribution is -2.33. The number of rotatable bonds is 5. The molecule has 0 aliphatic carbocycles. The molecule has 2 aliphatic rings. The molecule has 2 aromatic carbocycles. The summed E-state index contributed by atoms with van der Waals surface area (Å²) in [6, 6.07) is 13.8. The maximum Gasteiger partial charge on any atom is 0.232 e. The number of hydrogen-bond acceptors (Lipinski definition) is 6. The first-order chi connectivity index (χ1) is 15.1. The molecule has 2 aliphatic heterocycles. The summed E-state index contributed by atoms with van der Waals surface area (Å²) in [5.74, 6) is 2.42. The molecule has 0 amide bonds. The highest BCUT2D eigenvalue weighted by Crippen LogP contribution is 2.44. The second-order valence-corrected chi connectivity index (χ2v) is 8.78. The molecule has 0 unspecified atom stereocenters. The minimum absolute atomic E-state index is 0.0890. The van der Waals surface area contributed by atoms with E-state index in [9.17, 15) is 4.79 Å². The van der Waals surface area contributed by atoms with Gasteiger partial charge in [-0.1, -0.05) is 18.2 Å². The number of benzene rings is 2. The van der Waals surface area contributed by atoms with Crippen LogP contribution in [0.2, 0.25) is 0 Å². The van der Waals surface area contributed by atoms with E-state index < -0.39 is 0 Å². The van der Waals surface area contributed by atoms with E-state index in [4.69, 9.17) is 14.2 Å². The van der Waals surface area contributed by atoms with E-state index in [0.29, 0.717) is 30.3 Å². The summed E-state index contributed by atoms with van der Waals surface area (Å²) in [5, 5.41) is 2.10. The fraction of sp³-hybridized carbons (Fsp3) is 0.240. The molecule has 3 heterocycles. The summed E-state index contributed by atoms with van der Waals surface area (Å²) in [6.45, 7) is 4.06. The minimum atomic E-state index is -0.0890. The second-order valence-electron chi connectivity index (χ2n) is 7.75. The van der Waals surface area contributed by atoms with Crippen molar-refractivity contribution in [2.24, 2.45) is 0 Å². The van der Waals surface area contributed by atoms with Crippen LogP contribution in [0.5, 0.6) is 17.2 Å². The van der Waals surface area contributed by atoms with E-state index in [1.165, 1.54) is 4.88 Å². The monoisotopic (exact) mass is 433 g/mol. The molecule has 5 nitrogen and oxygen atoms in total. The smallest absolute Gasteiger partial charge is 0.232 e. The van der Waals surface area contributed by atoms with E-state index in [1.807, 2.05) is 37.3 Å². The summed E-state index contributed by atoms with van der Waals surface area (Å²) >= 11 is 1.77. The lowest BCUT2D eigenvalue weighted by molar-refractivity contribution is 0.0951. The first-order valence-electron chi connectivity index (χ1n) is 10.2. The van der Waals surface area contributed by atoms with Crippen LogP contribution in [0.4, 0.5) is 0 Å². The van der Waals surface area contributed by atoms with Gasteiger partial charge in [-0.15, -0.1) is 11.3 Å². The first-order valence-corrected chi connectivity index (χ1v) is 11.1. The number of fused-ring (bicyclic) bond motifs is 3. The molecule has 3 aromatic rings. The van der Waals surface area contributed by atoms with E-state index in [-0.39, 0.29) is 5.78 Å². The molecule has 1 aromatic heterocycles. The molecule has 6 heteroatoms. The van der Waals surface area contributed by atoms with Crippen LogP contribution >= 0.6 is 11.3 Å². The maximum atomic E-state index is 13.1. The van der Waals surface area contributed by atoms with Crippen LogP contribution in [0.1, 0.15) is 31.9 Å². The van der Waals surface area contributed by atoms with E-state index in [0.717, 1.165) is 41.2 Å². The maximum absolute atomic E-state index is 13.1. The number of hydrogen-bond donors (Lipinski definition) is 0. The lowest BCUT2D eigenvalue weighted by Gasteiger charge is -2.30. The van der Waals surface area contributed by atoms with Gasteiger partial charge in [-0.2, -0.15) is 0 Å². The van der Waals surface area contributed by atoms with Gasteiger partial charge in [0.05, 0.1) is 18.2 Å². The zero-order valence-corrected chi connectivity index (χ0v) is 18.3. The molecule has 0 saturated heterocycles. The van der Waals surface area contributed by atoms with Gasteiger partial charge in [0, 0.05) is 18.0 Å². The highest BCUT2D eigenvalue weighted by Gasteiger charge is 2.35. The van der Waals surface area contributed by atoms with Crippen LogP contribution in [-0.2, 0) is 13.0 Å². The first kappa shape index (κ1) is 19.8. The van der Waals surface area contributed by atoms with Crippen LogP contribution in [0.25, 0.3) is 6.08 Å². The molecule has 31 heavy (non-hydrogen) atoms. The number of aryl methyl sites for hydroxylation is 1. The van der Waals surface area contributed by atoms with Crippen molar-refractivity contribution in [2.45, 2.75) is 19.9 Å². The Morgan fingerprint density at radius 2 is 2.13 bits per heavy atom. The van der Waals surface area contributed by atoms with Crippen LogP contribution in [0, 0.1) is 6.92 Å². The molecule has 0 bridgehead atoms. The Kier molecular flexibility index (Phi) is 5.26. The van der Waals surface area contributed by atoms with Crippen molar-refractivity contribution >= 4 is 23.2 Å². The molecule has 0 fully saturated rings. The topological polar surface area (TPSA) is 48.0 Å². The molecule has 158 valence electrons. The van der Waals surface area contributed by atoms with Gasteiger partial charge in [-0.05, 0) is 60.2 Å². The second kappa shape index (κ2) is 8.21. The van der Waals surface area contributed by atoms with Crippen molar-refractivity contribution < 1.29 is 19.0 Å². The number of allylic oxidation sites excluding steroid dienone is 1. The van der Waals surface area contributed by atoms with Gasteiger partial charge in [0.25, 0.3) is 0 Å². The SMILES string of the molecule is COc1cccc(/C=C2\Oc3c4c(cc(C)c3C2=O)OCN(CCc2cccs2)C4)c1. The molecule has 0 radical (unpaired) electrons. The molecule has 5 rings (SSSR count). The third-order valence-electron chi connectivity index (χ3n) is 5.63. The summed E-state index contributed by atoms with van der Waals surface area (Å²) in [5.41, 5.74) is 3.31. The van der Waals surface area contributed by atoms with Crippen LogP contribution < -0.4 is 14.2 Å². The normalized spacial score (nSPS) is 16.6. The van der Waals surface area contributed by atoms with Crippen molar-refractivity contribution in [3.8, 4) is 17.2 Å². The number of thiophene rings is 1. The fourth-order valence-corrected chi connectivity index (χ4v) is 4.72. The molecular formula is C25H23NO4S. The Labute approximate surface area is 185 Å². The number of ketones is 1. The summed E-state index contributed by atoms with van der Waals surface area (Å²) < 4.78 is 17.5. The lowest BCUT2D eigenvalue weighted by atomic mass is 9.98. The Morgan fingerprint density at radius 3 is 2.94 bits per heavy atom. The van der Waals surface area contributed by atoms with E-state index in [2.05, 4.69) is 22.4 Å². The number of nitrogens with zero attached hydrogens (tertiary/aromatic N) is 1. The van der Waals surface area contributed by atoms with Crippen molar-refractivity contribution in [3.63, 3.8) is 0 Å². The minimum Gasteiger partial charge on any atom is -0.497 e. The molecule has 0 saturated carbocycles. The number of Topliss-reactive ketones (excluding diaryl/α,β-unsaturated/α-hetero) is 1. The fourth-order valence-electron chi connectivity index (χ4n) is 4.03. The Balaban J connectivity index is 1.42. The number of carbonyl (C=O) groups is 1. The summed E-state index contributed by atoms with van der Waals surface area (Å²) in [4.78, 5) is 16.7. The highest BCUT2D eigenvalue weighted by molar-refractivity contribution is 7.09. The molecule has 0 N–H and O–H groups in total. The van der Waals surface area contributed by atoms with Gasteiger partial charge in [0.1, 0.15) is 24.0 Å². The molecular weight excluding hydrogens is 410 g/mol. The summed E-state index contributed by atoms with van der Waals surface area (Å²) in [7, 11) is 1.62. The average Bonchev–Trinajstić information content (AvgIpc) is 3.41.